The van der Waals surface area contributed by atoms with Crippen LogP contribution in [-0.2, 0) is 0 Å². The fourth-order valence-corrected chi connectivity index (χ4v) is 2.08. The molecule has 20 heavy (non-hydrogen) atoms. The minimum Gasteiger partial charge on any atom is -0.389 e. The quantitative estimate of drug-likeness (QED) is 0.882. The molecule has 102 valence electrons. The number of thiocarbonyl (C=S) groups is 1. The minimum atomic E-state index is -0.0892. The van der Waals surface area contributed by atoms with Crippen molar-refractivity contribution in [2.75, 3.05) is 11.9 Å². The number of amides is 1. The minimum absolute atomic E-state index is 0.0892. The summed E-state index contributed by atoms with van der Waals surface area (Å²) in [6, 6.07) is 14.9. The maximum Gasteiger partial charge on any atom is 0.258 e. The highest BCUT2D eigenvalue weighted by Gasteiger charge is 2.14. The molecule has 2 N–H and O–H groups in total. The lowest BCUT2D eigenvalue weighted by Gasteiger charge is -2.18. The number of aryl methyl sites for hydroxylation is 1. The van der Waals surface area contributed by atoms with E-state index in [1.165, 1.54) is 0 Å². The van der Waals surface area contributed by atoms with Gasteiger partial charge in [0.1, 0.15) is 4.99 Å². The Hall–Kier alpha value is -2.20. The molecule has 0 unspecified atom stereocenters. The van der Waals surface area contributed by atoms with E-state index in [2.05, 4.69) is 0 Å². The first kappa shape index (κ1) is 14.2. The second kappa shape index (κ2) is 5.84. The Labute approximate surface area is 124 Å². The average Bonchev–Trinajstić information content (AvgIpc) is 2.45. The molecule has 0 radical (unpaired) electrons. The van der Waals surface area contributed by atoms with Crippen LogP contribution in [0.4, 0.5) is 5.69 Å². The number of nitrogens with two attached hydrogens (primary N) is 1. The molecule has 2 rings (SSSR count). The molecule has 0 bridgehead atoms. The van der Waals surface area contributed by atoms with Crippen LogP contribution in [0.2, 0.25) is 0 Å². The van der Waals surface area contributed by atoms with E-state index in [1.807, 2.05) is 31.2 Å². The van der Waals surface area contributed by atoms with Crippen molar-refractivity contribution in [1.29, 1.82) is 0 Å². The Balaban J connectivity index is 2.31. The summed E-state index contributed by atoms with van der Waals surface area (Å²) in [7, 11) is 1.75. The molecule has 2 aromatic rings. The Kier molecular flexibility index (Phi) is 4.15. The molecular formula is C16H16N2OS. The SMILES string of the molecule is Cc1cccc(N(C)C(=O)c2cccc(C(N)=S)c2)c1. The van der Waals surface area contributed by atoms with Crippen LogP contribution in [0.15, 0.2) is 48.5 Å². The lowest BCUT2D eigenvalue weighted by atomic mass is 10.1. The topological polar surface area (TPSA) is 46.3 Å². The number of hydrogen-bond donors (Lipinski definition) is 1. The summed E-state index contributed by atoms with van der Waals surface area (Å²) < 4.78 is 0. The highest BCUT2D eigenvalue weighted by Crippen LogP contribution is 2.17. The molecule has 0 heterocycles. The molecule has 0 saturated heterocycles. The number of carbonyl (C=O) groups excluding carboxylic acids is 1. The van der Waals surface area contributed by atoms with Crippen LogP contribution in [0, 0.1) is 6.92 Å². The third-order valence-corrected chi connectivity index (χ3v) is 3.32. The summed E-state index contributed by atoms with van der Waals surface area (Å²) in [5.41, 5.74) is 8.83. The number of hydrogen-bond acceptors (Lipinski definition) is 2. The summed E-state index contributed by atoms with van der Waals surface area (Å²) >= 11 is 4.94. The molecule has 1 amide bonds. The van der Waals surface area contributed by atoms with Gasteiger partial charge in [-0.1, -0.05) is 36.5 Å². The van der Waals surface area contributed by atoms with Gasteiger partial charge in [0, 0.05) is 23.9 Å². The van der Waals surface area contributed by atoms with E-state index in [0.29, 0.717) is 11.1 Å². The molecule has 0 aliphatic heterocycles. The standard InChI is InChI=1S/C16H16N2OS/c1-11-5-3-8-14(9-11)18(2)16(19)13-7-4-6-12(10-13)15(17)20/h3-10H,1-2H3,(H2,17,20). The van der Waals surface area contributed by atoms with Crippen molar-refractivity contribution in [1.82, 2.24) is 0 Å². The van der Waals surface area contributed by atoms with Crippen LogP contribution in [0.25, 0.3) is 0 Å². The van der Waals surface area contributed by atoms with Crippen LogP contribution < -0.4 is 10.6 Å². The number of benzene rings is 2. The molecule has 0 atom stereocenters. The van der Waals surface area contributed by atoms with Crippen molar-refractivity contribution in [2.24, 2.45) is 5.73 Å². The number of nitrogens with zero attached hydrogens (tertiary/aromatic N) is 1. The highest BCUT2D eigenvalue weighted by molar-refractivity contribution is 7.80. The van der Waals surface area contributed by atoms with E-state index in [9.17, 15) is 4.79 Å². The van der Waals surface area contributed by atoms with Crippen molar-refractivity contribution in [2.45, 2.75) is 6.92 Å². The summed E-state index contributed by atoms with van der Waals surface area (Å²) in [5, 5.41) is 0. The number of rotatable bonds is 3. The zero-order chi connectivity index (χ0) is 14.7. The smallest absolute Gasteiger partial charge is 0.258 e. The lowest BCUT2D eigenvalue weighted by molar-refractivity contribution is 0.0993. The van der Waals surface area contributed by atoms with Crippen LogP contribution in [0.5, 0.6) is 0 Å². The Morgan fingerprint density at radius 2 is 1.75 bits per heavy atom. The predicted molar refractivity (Wildman–Crippen MR) is 86.2 cm³/mol. The van der Waals surface area contributed by atoms with E-state index in [4.69, 9.17) is 18.0 Å². The monoisotopic (exact) mass is 284 g/mol. The van der Waals surface area contributed by atoms with Crippen LogP contribution in [-0.4, -0.2) is 17.9 Å². The Morgan fingerprint density at radius 3 is 2.40 bits per heavy atom. The van der Waals surface area contributed by atoms with Gasteiger partial charge in [-0.25, -0.2) is 0 Å². The molecule has 3 nitrogen and oxygen atoms in total. The first-order valence-corrected chi connectivity index (χ1v) is 6.64. The van der Waals surface area contributed by atoms with Crippen LogP contribution in [0.3, 0.4) is 0 Å². The number of carbonyl (C=O) groups is 1. The normalized spacial score (nSPS) is 10.1. The van der Waals surface area contributed by atoms with E-state index < -0.39 is 0 Å². The van der Waals surface area contributed by atoms with Gasteiger partial charge in [0.05, 0.1) is 0 Å². The lowest BCUT2D eigenvalue weighted by Crippen LogP contribution is -2.26. The second-order valence-electron chi connectivity index (χ2n) is 4.65. The van der Waals surface area contributed by atoms with E-state index in [-0.39, 0.29) is 10.9 Å². The maximum absolute atomic E-state index is 12.5. The zero-order valence-corrected chi connectivity index (χ0v) is 12.3. The molecule has 0 aliphatic rings. The van der Waals surface area contributed by atoms with Gasteiger partial charge in [0.15, 0.2) is 0 Å². The molecule has 4 heteroatoms. The fraction of sp³-hybridized carbons (Fsp3) is 0.125. The van der Waals surface area contributed by atoms with Crippen LogP contribution in [0.1, 0.15) is 21.5 Å². The Morgan fingerprint density at radius 1 is 1.10 bits per heavy atom. The Bertz CT molecular complexity index is 667. The zero-order valence-electron chi connectivity index (χ0n) is 11.5. The summed E-state index contributed by atoms with van der Waals surface area (Å²) in [6.45, 7) is 2.00. The molecule has 0 saturated carbocycles. The average molecular weight is 284 g/mol. The largest absolute Gasteiger partial charge is 0.389 e. The third kappa shape index (κ3) is 3.03. The van der Waals surface area contributed by atoms with Gasteiger partial charge in [-0.2, -0.15) is 0 Å². The third-order valence-electron chi connectivity index (χ3n) is 3.09. The van der Waals surface area contributed by atoms with Crippen molar-refractivity contribution >= 4 is 28.8 Å². The van der Waals surface area contributed by atoms with Crippen LogP contribution >= 0.6 is 12.2 Å². The van der Waals surface area contributed by atoms with Gasteiger partial charge < -0.3 is 10.6 Å². The molecule has 2 aromatic carbocycles. The summed E-state index contributed by atoms with van der Waals surface area (Å²) in [5.74, 6) is -0.0892. The van der Waals surface area contributed by atoms with Gasteiger partial charge in [-0.15, -0.1) is 0 Å². The van der Waals surface area contributed by atoms with Gasteiger partial charge in [0.25, 0.3) is 5.91 Å². The second-order valence-corrected chi connectivity index (χ2v) is 5.09. The molecule has 0 aliphatic carbocycles. The first-order chi connectivity index (χ1) is 9.49. The maximum atomic E-state index is 12.5. The van der Waals surface area contributed by atoms with Gasteiger partial charge in [-0.3, -0.25) is 4.79 Å². The van der Waals surface area contributed by atoms with Gasteiger partial charge >= 0.3 is 0 Å². The van der Waals surface area contributed by atoms with Crippen molar-refractivity contribution in [3.63, 3.8) is 0 Å². The van der Waals surface area contributed by atoms with Gasteiger partial charge in [0.2, 0.25) is 0 Å². The predicted octanol–water partition coefficient (Wildman–Crippen LogP) is 2.91. The first-order valence-electron chi connectivity index (χ1n) is 6.23. The molecule has 0 aromatic heterocycles. The van der Waals surface area contributed by atoms with Crippen molar-refractivity contribution in [3.05, 3.63) is 65.2 Å². The summed E-state index contributed by atoms with van der Waals surface area (Å²) in [6.07, 6.45) is 0. The molecule has 0 fully saturated rings. The highest BCUT2D eigenvalue weighted by atomic mass is 32.1. The van der Waals surface area contributed by atoms with E-state index in [0.717, 1.165) is 11.3 Å². The number of anilines is 1. The van der Waals surface area contributed by atoms with E-state index in [1.54, 1.807) is 36.2 Å². The molecular weight excluding hydrogens is 268 g/mol. The summed E-state index contributed by atoms with van der Waals surface area (Å²) in [4.78, 5) is 14.4. The molecule has 0 spiro atoms. The van der Waals surface area contributed by atoms with Gasteiger partial charge in [-0.05, 0) is 36.8 Å². The van der Waals surface area contributed by atoms with Crippen molar-refractivity contribution in [3.8, 4) is 0 Å². The van der Waals surface area contributed by atoms with E-state index >= 15 is 0 Å². The fourth-order valence-electron chi connectivity index (χ4n) is 1.95. The van der Waals surface area contributed by atoms with Crippen molar-refractivity contribution < 1.29 is 4.79 Å².